The third-order valence-electron chi connectivity index (χ3n) is 5.93. The molecule has 10 heteroatoms. The number of anilines is 3. The lowest BCUT2D eigenvalue weighted by Crippen LogP contribution is -2.28. The highest BCUT2D eigenvalue weighted by Gasteiger charge is 2.21. The Hall–Kier alpha value is -5.30. The van der Waals surface area contributed by atoms with Crippen LogP contribution in [0, 0.1) is 11.3 Å². The van der Waals surface area contributed by atoms with E-state index >= 15 is 0 Å². The number of nitrogens with two attached hydrogens (primary N) is 1. The normalized spacial score (nSPS) is 11.6. The maximum atomic E-state index is 14.2. The molecule has 3 heterocycles. The number of hydrogen-bond donors (Lipinski definition) is 3. The van der Waals surface area contributed by atoms with Gasteiger partial charge in [0.2, 0.25) is 5.95 Å². The molecule has 0 bridgehead atoms. The first-order chi connectivity index (χ1) is 18.0. The van der Waals surface area contributed by atoms with Gasteiger partial charge in [-0.05, 0) is 48.4 Å². The quantitative estimate of drug-likeness (QED) is 0.323. The molecule has 2 aromatic carbocycles. The van der Waals surface area contributed by atoms with Crippen molar-refractivity contribution in [2.45, 2.75) is 13.0 Å². The fourth-order valence-electron chi connectivity index (χ4n) is 4.20. The lowest BCUT2D eigenvalue weighted by atomic mass is 10.0. The second kappa shape index (κ2) is 9.75. The zero-order valence-electron chi connectivity index (χ0n) is 20.2. The van der Waals surface area contributed by atoms with E-state index in [0.29, 0.717) is 28.2 Å². The van der Waals surface area contributed by atoms with Crippen LogP contribution in [0.2, 0.25) is 0 Å². The van der Waals surface area contributed by atoms with Crippen molar-refractivity contribution in [2.75, 3.05) is 23.4 Å². The van der Waals surface area contributed by atoms with Crippen LogP contribution in [-0.2, 0) is 0 Å². The third kappa shape index (κ3) is 4.41. The van der Waals surface area contributed by atoms with Crippen molar-refractivity contribution in [3.05, 3.63) is 94.8 Å². The van der Waals surface area contributed by atoms with Crippen LogP contribution in [0.4, 0.5) is 17.6 Å². The molecule has 0 saturated carbocycles. The summed E-state index contributed by atoms with van der Waals surface area (Å²) in [6, 6.07) is 20.2. The van der Waals surface area contributed by atoms with Crippen molar-refractivity contribution in [1.82, 2.24) is 24.5 Å². The van der Waals surface area contributed by atoms with E-state index in [0.717, 1.165) is 11.1 Å². The molecule has 1 atom stereocenters. The standard InChI is InChI=1S/C27H23N9O/c1-16(33-24-18(14-28)15-32-27(29)35-24)25-34-21-10-6-9-20(17-11-12-31-22(13-17)30-2)23(21)26(37)36(25)19-7-4-3-5-8-19/h3-13,15-16H,1-2H3,(H,30,31)(H3,29,32,33,35)/t16-/m0/s1. The fraction of sp³-hybridized carbons (Fsp3) is 0.111. The molecular weight excluding hydrogens is 466 g/mol. The van der Waals surface area contributed by atoms with Crippen LogP contribution in [0.1, 0.15) is 24.4 Å². The molecule has 0 saturated heterocycles. The van der Waals surface area contributed by atoms with E-state index in [1.54, 1.807) is 17.8 Å². The Kier molecular flexibility index (Phi) is 6.18. The van der Waals surface area contributed by atoms with Crippen molar-refractivity contribution in [1.29, 1.82) is 5.26 Å². The lowest BCUT2D eigenvalue weighted by molar-refractivity contribution is 0.731. The van der Waals surface area contributed by atoms with Gasteiger partial charge in [0.15, 0.2) is 0 Å². The first kappa shape index (κ1) is 23.4. The molecule has 0 amide bonds. The van der Waals surface area contributed by atoms with Crippen molar-refractivity contribution >= 4 is 28.5 Å². The number of benzene rings is 2. The summed E-state index contributed by atoms with van der Waals surface area (Å²) >= 11 is 0. The molecule has 182 valence electrons. The summed E-state index contributed by atoms with van der Waals surface area (Å²) in [6.07, 6.45) is 3.06. The predicted molar refractivity (Wildman–Crippen MR) is 143 cm³/mol. The molecule has 0 unspecified atom stereocenters. The first-order valence-corrected chi connectivity index (χ1v) is 11.5. The number of nitriles is 1. The van der Waals surface area contributed by atoms with E-state index in [-0.39, 0.29) is 22.9 Å². The van der Waals surface area contributed by atoms with Gasteiger partial charge >= 0.3 is 0 Å². The van der Waals surface area contributed by atoms with Crippen molar-refractivity contribution < 1.29 is 0 Å². The Morgan fingerprint density at radius 3 is 2.62 bits per heavy atom. The van der Waals surface area contributed by atoms with Crippen LogP contribution in [0.25, 0.3) is 27.7 Å². The van der Waals surface area contributed by atoms with Gasteiger partial charge in [0, 0.05) is 13.2 Å². The fourth-order valence-corrected chi connectivity index (χ4v) is 4.20. The maximum absolute atomic E-state index is 14.2. The molecule has 0 aliphatic heterocycles. The van der Waals surface area contributed by atoms with Crippen molar-refractivity contribution in [3.63, 3.8) is 0 Å². The molecule has 5 aromatic rings. The highest BCUT2D eigenvalue weighted by Crippen LogP contribution is 2.29. The molecule has 0 aliphatic carbocycles. The molecule has 0 aliphatic rings. The number of nitrogens with zero attached hydrogens (tertiary/aromatic N) is 6. The van der Waals surface area contributed by atoms with E-state index in [4.69, 9.17) is 10.7 Å². The van der Waals surface area contributed by atoms with Crippen LogP contribution >= 0.6 is 0 Å². The Bertz CT molecular complexity index is 1710. The minimum absolute atomic E-state index is 0.0311. The number of para-hydroxylation sites is 1. The van der Waals surface area contributed by atoms with Gasteiger partial charge in [0.1, 0.15) is 29.1 Å². The van der Waals surface area contributed by atoms with Gasteiger partial charge in [-0.3, -0.25) is 9.36 Å². The monoisotopic (exact) mass is 489 g/mol. The maximum Gasteiger partial charge on any atom is 0.266 e. The van der Waals surface area contributed by atoms with Gasteiger partial charge in [-0.25, -0.2) is 15.0 Å². The summed E-state index contributed by atoms with van der Waals surface area (Å²) in [5.74, 6) is 1.44. The molecule has 10 nitrogen and oxygen atoms in total. The second-order valence-corrected chi connectivity index (χ2v) is 8.29. The van der Waals surface area contributed by atoms with Gasteiger partial charge in [-0.2, -0.15) is 10.2 Å². The van der Waals surface area contributed by atoms with Crippen LogP contribution in [0.5, 0.6) is 0 Å². The number of rotatable bonds is 6. The summed E-state index contributed by atoms with van der Waals surface area (Å²) in [7, 11) is 1.79. The average Bonchev–Trinajstić information content (AvgIpc) is 2.93. The Balaban J connectivity index is 1.74. The van der Waals surface area contributed by atoms with E-state index < -0.39 is 6.04 Å². The zero-order chi connectivity index (χ0) is 25.9. The van der Waals surface area contributed by atoms with Crippen molar-refractivity contribution in [2.24, 2.45) is 0 Å². The highest BCUT2D eigenvalue weighted by molar-refractivity contribution is 5.94. The minimum Gasteiger partial charge on any atom is -0.373 e. The van der Waals surface area contributed by atoms with E-state index in [2.05, 4.69) is 31.7 Å². The van der Waals surface area contributed by atoms with E-state index in [1.807, 2.05) is 67.6 Å². The number of fused-ring (bicyclic) bond motifs is 1. The smallest absolute Gasteiger partial charge is 0.266 e. The topological polar surface area (TPSA) is 147 Å². The van der Waals surface area contributed by atoms with Gasteiger partial charge in [0.25, 0.3) is 5.56 Å². The van der Waals surface area contributed by atoms with Gasteiger partial charge in [0.05, 0.1) is 28.8 Å². The highest BCUT2D eigenvalue weighted by atomic mass is 16.1. The van der Waals surface area contributed by atoms with Gasteiger partial charge < -0.3 is 16.4 Å². The Morgan fingerprint density at radius 1 is 1.05 bits per heavy atom. The average molecular weight is 490 g/mol. The lowest BCUT2D eigenvalue weighted by Gasteiger charge is -2.21. The Labute approximate surface area is 212 Å². The van der Waals surface area contributed by atoms with Crippen LogP contribution in [-0.4, -0.2) is 31.6 Å². The number of pyridine rings is 1. The molecule has 0 fully saturated rings. The van der Waals surface area contributed by atoms with Crippen molar-refractivity contribution in [3.8, 4) is 22.9 Å². The number of aromatic nitrogens is 5. The largest absolute Gasteiger partial charge is 0.373 e. The first-order valence-electron chi connectivity index (χ1n) is 11.5. The number of nitrogen functional groups attached to an aromatic ring is 1. The molecule has 4 N–H and O–H groups in total. The molecular formula is C27H23N9O. The second-order valence-electron chi connectivity index (χ2n) is 8.29. The summed E-state index contributed by atoms with van der Waals surface area (Å²) < 4.78 is 1.58. The van der Waals surface area contributed by atoms with E-state index in [9.17, 15) is 10.1 Å². The molecule has 5 rings (SSSR count). The predicted octanol–water partition coefficient (Wildman–Crippen LogP) is 3.91. The minimum atomic E-state index is -0.515. The summed E-state index contributed by atoms with van der Waals surface area (Å²) in [5, 5.41) is 16.2. The molecule has 0 radical (unpaired) electrons. The van der Waals surface area contributed by atoms with Gasteiger partial charge in [-0.15, -0.1) is 0 Å². The summed E-state index contributed by atoms with van der Waals surface area (Å²) in [5.41, 5.74) is 8.57. The van der Waals surface area contributed by atoms with E-state index in [1.165, 1.54) is 6.20 Å². The SMILES string of the molecule is CNc1cc(-c2cccc3nc([C@H](C)Nc4nc(N)ncc4C#N)n(-c4ccccc4)c(=O)c23)ccn1. The number of nitrogens with one attached hydrogen (secondary N) is 2. The van der Waals surface area contributed by atoms with Crippen LogP contribution in [0.15, 0.2) is 77.9 Å². The molecule has 0 spiro atoms. The zero-order valence-corrected chi connectivity index (χ0v) is 20.2. The molecule has 37 heavy (non-hydrogen) atoms. The number of hydrogen-bond acceptors (Lipinski definition) is 9. The molecule has 3 aromatic heterocycles. The third-order valence-corrected chi connectivity index (χ3v) is 5.93. The van der Waals surface area contributed by atoms with Crippen LogP contribution < -0.4 is 21.9 Å². The van der Waals surface area contributed by atoms with Crippen LogP contribution in [0.3, 0.4) is 0 Å². The van der Waals surface area contributed by atoms with Gasteiger partial charge in [-0.1, -0.05) is 30.3 Å². The summed E-state index contributed by atoms with van der Waals surface area (Å²) in [6.45, 7) is 1.85. The summed E-state index contributed by atoms with van der Waals surface area (Å²) in [4.78, 5) is 31.5. The Morgan fingerprint density at radius 2 is 1.86 bits per heavy atom.